The third-order valence-electron chi connectivity index (χ3n) is 7.54. The van der Waals surface area contributed by atoms with Crippen LogP contribution in [0, 0.1) is 5.92 Å². The highest BCUT2D eigenvalue weighted by Crippen LogP contribution is 2.46. The van der Waals surface area contributed by atoms with Crippen molar-refractivity contribution in [1.82, 2.24) is 0 Å². The van der Waals surface area contributed by atoms with E-state index in [1.165, 1.54) is 0 Å². The Labute approximate surface area is 201 Å². The lowest BCUT2D eigenvalue weighted by atomic mass is 9.77. The van der Waals surface area contributed by atoms with E-state index in [0.717, 1.165) is 11.1 Å². The average Bonchev–Trinajstić information content (AvgIpc) is 3.05. The molecule has 1 heterocycles. The molecule has 1 aromatic rings. The summed E-state index contributed by atoms with van der Waals surface area (Å²) in [6.07, 6.45) is -2.00. The van der Waals surface area contributed by atoms with Crippen molar-refractivity contribution in [3.05, 3.63) is 48.0 Å². The summed E-state index contributed by atoms with van der Waals surface area (Å²) in [6, 6.07) is 10.1. The zero-order chi connectivity index (χ0) is 24.6. The molecule has 2 aliphatic rings. The Morgan fingerprint density at radius 1 is 0.970 bits per heavy atom. The first-order valence-corrected chi connectivity index (χ1v) is 14.6. The quantitative estimate of drug-likeness (QED) is 0.359. The molecule has 1 saturated carbocycles. The van der Waals surface area contributed by atoms with Gasteiger partial charge in [0.2, 0.25) is 0 Å². The van der Waals surface area contributed by atoms with Crippen LogP contribution in [-0.2, 0) is 25.2 Å². The molecule has 1 aromatic carbocycles. The molecule has 1 N–H and O–H groups in total. The van der Waals surface area contributed by atoms with Crippen molar-refractivity contribution in [3.8, 4) is 0 Å². The molecule has 1 aliphatic carbocycles. The van der Waals surface area contributed by atoms with E-state index in [4.69, 9.17) is 18.6 Å². The molecule has 0 aromatic heterocycles. The van der Waals surface area contributed by atoms with Gasteiger partial charge in [0, 0.05) is 12.5 Å². The van der Waals surface area contributed by atoms with Crippen LogP contribution in [0.1, 0.15) is 61.0 Å². The molecular formula is C27H44O5Si. The first kappa shape index (κ1) is 26.6. The molecule has 186 valence electrons. The number of ether oxygens (including phenoxy) is 3. The molecule has 33 heavy (non-hydrogen) atoms. The summed E-state index contributed by atoms with van der Waals surface area (Å²) in [6.45, 7) is 22.7. The van der Waals surface area contributed by atoms with E-state index in [0.29, 0.717) is 29.8 Å². The Bertz CT molecular complexity index is 769. The lowest BCUT2D eigenvalue weighted by Gasteiger charge is -2.46. The van der Waals surface area contributed by atoms with E-state index in [1.54, 1.807) is 0 Å². The smallest absolute Gasteiger partial charge is 0.200 e. The molecule has 0 unspecified atom stereocenters. The van der Waals surface area contributed by atoms with Gasteiger partial charge in [-0.3, -0.25) is 0 Å². The first-order chi connectivity index (χ1) is 15.4. The summed E-state index contributed by atoms with van der Waals surface area (Å²) in [4.78, 5) is 0. The summed E-state index contributed by atoms with van der Waals surface area (Å²) in [5.41, 5.74) is 3.32. The van der Waals surface area contributed by atoms with Crippen molar-refractivity contribution >= 4 is 8.32 Å². The fourth-order valence-corrected chi connectivity index (χ4v) is 11.6. The van der Waals surface area contributed by atoms with Crippen LogP contribution in [0.2, 0.25) is 16.6 Å². The van der Waals surface area contributed by atoms with Crippen LogP contribution in [0.4, 0.5) is 0 Å². The molecule has 2 fully saturated rings. The van der Waals surface area contributed by atoms with E-state index >= 15 is 0 Å². The highest BCUT2D eigenvalue weighted by molar-refractivity contribution is 6.77. The zero-order valence-corrected chi connectivity index (χ0v) is 22.7. The molecule has 0 spiro atoms. The van der Waals surface area contributed by atoms with Gasteiger partial charge in [0.05, 0.1) is 12.7 Å². The second kappa shape index (κ2) is 10.3. The molecule has 3 rings (SSSR count). The Morgan fingerprint density at radius 3 is 2.06 bits per heavy atom. The molecule has 0 amide bonds. The summed E-state index contributed by atoms with van der Waals surface area (Å²) >= 11 is 0. The van der Waals surface area contributed by atoms with Gasteiger partial charge in [0.1, 0.15) is 18.3 Å². The van der Waals surface area contributed by atoms with Gasteiger partial charge in [0.25, 0.3) is 0 Å². The van der Waals surface area contributed by atoms with E-state index < -0.39 is 32.4 Å². The molecule has 0 bridgehead atoms. The lowest BCUT2D eigenvalue weighted by molar-refractivity contribution is -0.159. The number of benzene rings is 1. The minimum Gasteiger partial charge on any atom is -0.415 e. The number of aliphatic hydroxyl groups excluding tert-OH is 1. The summed E-state index contributed by atoms with van der Waals surface area (Å²) in [5, 5.41) is 11.4. The molecule has 1 saturated heterocycles. The number of fused-ring (bicyclic) bond motifs is 1. The minimum atomic E-state index is -2.09. The predicted octanol–water partition coefficient (Wildman–Crippen LogP) is 5.83. The third-order valence-corrected chi connectivity index (χ3v) is 13.6. The largest absolute Gasteiger partial charge is 0.415 e. The average molecular weight is 477 g/mol. The van der Waals surface area contributed by atoms with E-state index in [2.05, 4.69) is 48.1 Å². The van der Waals surface area contributed by atoms with Crippen molar-refractivity contribution in [2.45, 2.75) is 109 Å². The van der Waals surface area contributed by atoms with Gasteiger partial charge in [-0.2, -0.15) is 0 Å². The van der Waals surface area contributed by atoms with Crippen LogP contribution in [0.15, 0.2) is 42.5 Å². The van der Waals surface area contributed by atoms with Gasteiger partial charge in [-0.25, -0.2) is 0 Å². The third kappa shape index (κ3) is 5.31. The van der Waals surface area contributed by atoms with Gasteiger partial charge in [-0.05, 0) is 41.6 Å². The van der Waals surface area contributed by atoms with Gasteiger partial charge in [-0.1, -0.05) is 78.5 Å². The topological polar surface area (TPSA) is 57.2 Å². The van der Waals surface area contributed by atoms with Crippen LogP contribution in [0.3, 0.4) is 0 Å². The normalized spacial score (nSPS) is 29.8. The van der Waals surface area contributed by atoms with E-state index in [9.17, 15) is 5.11 Å². The van der Waals surface area contributed by atoms with Gasteiger partial charge < -0.3 is 23.7 Å². The van der Waals surface area contributed by atoms with Crippen LogP contribution in [0.25, 0.3) is 0 Å². The fourth-order valence-electron chi connectivity index (χ4n) is 6.09. The first-order valence-electron chi connectivity index (χ1n) is 12.4. The second-order valence-corrected chi connectivity index (χ2v) is 16.5. The molecule has 5 atom stereocenters. The predicted molar refractivity (Wildman–Crippen MR) is 134 cm³/mol. The van der Waals surface area contributed by atoms with Gasteiger partial charge in [0.15, 0.2) is 14.1 Å². The Hall–Kier alpha value is -1.02. The summed E-state index contributed by atoms with van der Waals surface area (Å²) in [5.74, 6) is -1.06. The van der Waals surface area contributed by atoms with Crippen molar-refractivity contribution < 1.29 is 23.7 Å². The zero-order valence-electron chi connectivity index (χ0n) is 21.7. The van der Waals surface area contributed by atoms with Crippen LogP contribution in [0.5, 0.6) is 0 Å². The highest BCUT2D eigenvalue weighted by atomic mass is 28.4. The molecule has 5 nitrogen and oxygen atoms in total. The van der Waals surface area contributed by atoms with Crippen molar-refractivity contribution in [3.63, 3.8) is 0 Å². The SMILES string of the molecule is C=C1[C@@H](CO[Si](C(C)C)(C(C)C)C(C)C)[C@@H](O)[C@@H]2OC(C)(C)O[C@@H]2[C@H]1OCc1ccccc1. The maximum atomic E-state index is 11.4. The number of aliphatic hydroxyl groups is 1. The molecule has 1 aliphatic heterocycles. The van der Waals surface area contributed by atoms with Gasteiger partial charge in [-0.15, -0.1) is 0 Å². The summed E-state index contributed by atoms with van der Waals surface area (Å²) < 4.78 is 25.6. The van der Waals surface area contributed by atoms with Crippen LogP contribution < -0.4 is 0 Å². The van der Waals surface area contributed by atoms with Gasteiger partial charge >= 0.3 is 0 Å². The highest BCUT2D eigenvalue weighted by Gasteiger charge is 2.56. The van der Waals surface area contributed by atoms with Crippen LogP contribution >= 0.6 is 0 Å². The monoisotopic (exact) mass is 476 g/mol. The maximum Gasteiger partial charge on any atom is 0.200 e. The Morgan fingerprint density at radius 2 is 1.52 bits per heavy atom. The van der Waals surface area contributed by atoms with Crippen LogP contribution in [-0.4, -0.2) is 50.2 Å². The van der Waals surface area contributed by atoms with Crippen molar-refractivity contribution in [2.75, 3.05) is 6.61 Å². The van der Waals surface area contributed by atoms with E-state index in [1.807, 2.05) is 44.2 Å². The van der Waals surface area contributed by atoms with Crippen molar-refractivity contribution in [2.24, 2.45) is 5.92 Å². The Kier molecular flexibility index (Phi) is 8.30. The molecule has 0 radical (unpaired) electrons. The number of hydrogen-bond acceptors (Lipinski definition) is 5. The lowest BCUT2D eigenvalue weighted by Crippen LogP contribution is -2.57. The Balaban J connectivity index is 1.84. The number of hydrogen-bond donors (Lipinski definition) is 1. The standard InChI is InChI=1S/C27H44O5Si/c1-17(2)33(18(3)4,19(5)6)30-16-22-20(7)24(29-15-21-13-11-10-12-14-21)26-25(23(22)28)31-27(8,9)32-26/h10-14,17-19,22-26,28H,7,15-16H2,1-6,8-9H3/t22-,23-,24+,25+,26-/m1/s1. The summed E-state index contributed by atoms with van der Waals surface area (Å²) in [7, 11) is -2.09. The fraction of sp³-hybridized carbons (Fsp3) is 0.704. The molecule has 6 heteroatoms. The van der Waals surface area contributed by atoms with Crippen molar-refractivity contribution in [1.29, 1.82) is 0 Å². The molecular weight excluding hydrogens is 432 g/mol. The minimum absolute atomic E-state index is 0.271. The number of rotatable bonds is 9. The maximum absolute atomic E-state index is 11.4. The van der Waals surface area contributed by atoms with E-state index in [-0.39, 0.29) is 12.0 Å². The second-order valence-electron chi connectivity index (χ2n) is 11.1.